The lowest BCUT2D eigenvalue weighted by Gasteiger charge is -2.23. The molecular weight excluding hydrogens is 320 g/mol. The number of carbonyl (C=O) groups is 1. The second kappa shape index (κ2) is 7.97. The summed E-state index contributed by atoms with van der Waals surface area (Å²) in [5, 5.41) is 6.51. The molecule has 2 fully saturated rings. The molecule has 2 unspecified atom stereocenters. The van der Waals surface area contributed by atoms with Crippen LogP contribution in [-0.2, 0) is 14.3 Å². The van der Waals surface area contributed by atoms with Crippen LogP contribution in [0.3, 0.4) is 0 Å². The van der Waals surface area contributed by atoms with Crippen molar-refractivity contribution in [2.45, 2.75) is 25.0 Å². The quantitative estimate of drug-likeness (QED) is 0.855. The Morgan fingerprint density at radius 2 is 2.30 bits per heavy atom. The van der Waals surface area contributed by atoms with Crippen LogP contribution in [0.5, 0.6) is 5.75 Å². The molecule has 126 valence electrons. The van der Waals surface area contributed by atoms with Crippen molar-refractivity contribution in [3.8, 4) is 5.75 Å². The Kier molecular flexibility index (Phi) is 5.72. The van der Waals surface area contributed by atoms with Crippen LogP contribution < -0.4 is 15.4 Å². The summed E-state index contributed by atoms with van der Waals surface area (Å²) >= 11 is 6.04. The predicted molar refractivity (Wildman–Crippen MR) is 87.2 cm³/mol. The summed E-state index contributed by atoms with van der Waals surface area (Å²) in [4.78, 5) is 12.3. The molecule has 7 heteroatoms. The van der Waals surface area contributed by atoms with E-state index in [2.05, 4.69) is 10.6 Å². The van der Waals surface area contributed by atoms with E-state index in [0.29, 0.717) is 36.2 Å². The largest absolute Gasteiger partial charge is 0.489 e. The number of rotatable bonds is 5. The van der Waals surface area contributed by atoms with Crippen LogP contribution in [0.15, 0.2) is 18.2 Å². The lowest BCUT2D eigenvalue weighted by atomic mass is 10.2. The third-order valence-corrected chi connectivity index (χ3v) is 4.10. The van der Waals surface area contributed by atoms with E-state index in [0.717, 1.165) is 26.0 Å². The van der Waals surface area contributed by atoms with E-state index in [4.69, 9.17) is 25.8 Å². The summed E-state index contributed by atoms with van der Waals surface area (Å²) in [6, 6.07) is 5.17. The summed E-state index contributed by atoms with van der Waals surface area (Å²) in [6.45, 7) is 3.03. The normalized spacial score (nSPS) is 24.4. The number of hydrogen-bond donors (Lipinski definition) is 2. The number of nitrogens with one attached hydrogen (secondary N) is 2. The molecule has 2 heterocycles. The van der Waals surface area contributed by atoms with Crippen molar-refractivity contribution in [1.29, 1.82) is 0 Å². The minimum atomic E-state index is -0.506. The first kappa shape index (κ1) is 16.5. The average Bonchev–Trinajstić information content (AvgIpc) is 3.08. The van der Waals surface area contributed by atoms with Gasteiger partial charge in [-0.3, -0.25) is 4.79 Å². The summed E-state index contributed by atoms with van der Waals surface area (Å²) in [7, 11) is 0. The first-order chi connectivity index (χ1) is 11.2. The van der Waals surface area contributed by atoms with E-state index >= 15 is 0 Å². The zero-order valence-corrected chi connectivity index (χ0v) is 13.6. The maximum Gasteiger partial charge on any atom is 0.254 e. The highest BCUT2D eigenvalue weighted by Crippen LogP contribution is 2.29. The second-order valence-corrected chi connectivity index (χ2v) is 6.08. The van der Waals surface area contributed by atoms with Crippen LogP contribution in [0.1, 0.15) is 12.8 Å². The molecule has 1 aromatic carbocycles. The lowest BCUT2D eigenvalue weighted by Crippen LogP contribution is -2.45. The van der Waals surface area contributed by atoms with E-state index in [9.17, 15) is 4.79 Å². The Morgan fingerprint density at radius 3 is 3.04 bits per heavy atom. The highest BCUT2D eigenvalue weighted by molar-refractivity contribution is 6.31. The number of benzene rings is 1. The molecule has 2 N–H and O–H groups in total. The van der Waals surface area contributed by atoms with Gasteiger partial charge in [-0.15, -0.1) is 0 Å². The first-order valence-corrected chi connectivity index (χ1v) is 8.27. The van der Waals surface area contributed by atoms with Gasteiger partial charge in [0.25, 0.3) is 5.91 Å². The number of morpholine rings is 1. The van der Waals surface area contributed by atoms with Gasteiger partial charge in [0, 0.05) is 24.7 Å². The van der Waals surface area contributed by atoms with Crippen LogP contribution in [0, 0.1) is 0 Å². The fourth-order valence-corrected chi connectivity index (χ4v) is 2.80. The lowest BCUT2D eigenvalue weighted by molar-refractivity contribution is -0.128. The van der Waals surface area contributed by atoms with Gasteiger partial charge in [-0.05, 0) is 31.0 Å². The number of halogens is 1. The minimum absolute atomic E-state index is 0.111. The molecule has 2 saturated heterocycles. The Labute approximate surface area is 140 Å². The molecule has 1 aromatic rings. The molecule has 3 rings (SSSR count). The monoisotopic (exact) mass is 340 g/mol. The van der Waals surface area contributed by atoms with Gasteiger partial charge in [-0.25, -0.2) is 0 Å². The number of anilines is 1. The number of hydrogen-bond acceptors (Lipinski definition) is 5. The zero-order valence-electron chi connectivity index (χ0n) is 12.8. The van der Waals surface area contributed by atoms with Crippen molar-refractivity contribution < 1.29 is 19.0 Å². The average molecular weight is 341 g/mol. The minimum Gasteiger partial charge on any atom is -0.489 e. The van der Waals surface area contributed by atoms with Crippen molar-refractivity contribution >= 4 is 23.2 Å². The van der Waals surface area contributed by atoms with Gasteiger partial charge in [0.15, 0.2) is 0 Å². The molecule has 2 aliphatic heterocycles. The van der Waals surface area contributed by atoms with E-state index in [1.54, 1.807) is 18.2 Å². The Morgan fingerprint density at radius 1 is 1.39 bits per heavy atom. The van der Waals surface area contributed by atoms with E-state index < -0.39 is 6.10 Å². The third-order valence-electron chi connectivity index (χ3n) is 3.87. The van der Waals surface area contributed by atoms with Crippen molar-refractivity contribution in [3.63, 3.8) is 0 Å². The van der Waals surface area contributed by atoms with E-state index in [1.165, 1.54) is 0 Å². The smallest absolute Gasteiger partial charge is 0.254 e. The van der Waals surface area contributed by atoms with Gasteiger partial charge < -0.3 is 24.8 Å². The molecule has 2 aliphatic rings. The Bertz CT molecular complexity index is 543. The second-order valence-electron chi connectivity index (χ2n) is 5.64. The fraction of sp³-hybridized carbons (Fsp3) is 0.562. The fourth-order valence-electron chi connectivity index (χ4n) is 2.63. The highest BCUT2D eigenvalue weighted by atomic mass is 35.5. The molecule has 1 amide bonds. The summed E-state index contributed by atoms with van der Waals surface area (Å²) in [5.41, 5.74) is 0.551. The van der Waals surface area contributed by atoms with Crippen LogP contribution in [0.4, 0.5) is 5.69 Å². The molecule has 0 radical (unpaired) electrons. The molecule has 23 heavy (non-hydrogen) atoms. The van der Waals surface area contributed by atoms with Crippen LogP contribution in [0.25, 0.3) is 0 Å². The number of amides is 1. The van der Waals surface area contributed by atoms with Crippen molar-refractivity contribution in [3.05, 3.63) is 23.2 Å². The van der Waals surface area contributed by atoms with Gasteiger partial charge in [-0.2, -0.15) is 0 Å². The summed E-state index contributed by atoms with van der Waals surface area (Å²) < 4.78 is 16.8. The molecule has 6 nitrogen and oxygen atoms in total. The zero-order chi connectivity index (χ0) is 16.1. The first-order valence-electron chi connectivity index (χ1n) is 7.89. The van der Waals surface area contributed by atoms with Gasteiger partial charge in [-0.1, -0.05) is 11.6 Å². The van der Waals surface area contributed by atoms with Crippen molar-refractivity contribution in [1.82, 2.24) is 5.32 Å². The topological polar surface area (TPSA) is 68.8 Å². The molecule has 0 aromatic heterocycles. The number of carbonyl (C=O) groups excluding carboxylic acids is 1. The number of ether oxygens (including phenoxy) is 3. The predicted octanol–water partition coefficient (Wildman–Crippen LogP) is 1.82. The standard InChI is InChI=1S/C16H21ClN2O4/c17-11-3-4-14(23-10-12-2-1-6-21-12)13(8-11)19-16(20)15-9-18-5-7-22-15/h3-4,8,12,15,18H,1-2,5-7,9-10H2,(H,19,20). The molecule has 0 aliphatic carbocycles. The highest BCUT2D eigenvalue weighted by Gasteiger charge is 2.23. The van der Waals surface area contributed by atoms with E-state index in [-0.39, 0.29) is 12.0 Å². The third kappa shape index (κ3) is 4.57. The molecule has 0 spiro atoms. The van der Waals surface area contributed by atoms with Gasteiger partial charge in [0.2, 0.25) is 0 Å². The summed E-state index contributed by atoms with van der Waals surface area (Å²) in [5.74, 6) is 0.378. The van der Waals surface area contributed by atoms with Gasteiger partial charge in [0.05, 0.1) is 18.4 Å². The molecule has 0 saturated carbocycles. The Hall–Kier alpha value is -1.34. The Balaban J connectivity index is 1.64. The molecule has 0 bridgehead atoms. The summed E-state index contributed by atoms with van der Waals surface area (Å²) in [6.07, 6.45) is 1.66. The van der Waals surface area contributed by atoms with Gasteiger partial charge in [0.1, 0.15) is 18.5 Å². The van der Waals surface area contributed by atoms with Crippen molar-refractivity contribution in [2.75, 3.05) is 38.2 Å². The molecular formula is C16H21ClN2O4. The van der Waals surface area contributed by atoms with E-state index in [1.807, 2.05) is 0 Å². The maximum absolute atomic E-state index is 12.3. The molecule has 2 atom stereocenters. The SMILES string of the molecule is O=C(Nc1cc(Cl)ccc1OCC1CCCO1)C1CNCCO1. The van der Waals surface area contributed by atoms with Crippen LogP contribution >= 0.6 is 11.6 Å². The van der Waals surface area contributed by atoms with Gasteiger partial charge >= 0.3 is 0 Å². The van der Waals surface area contributed by atoms with Crippen LogP contribution in [0.2, 0.25) is 5.02 Å². The maximum atomic E-state index is 12.3. The van der Waals surface area contributed by atoms with Crippen molar-refractivity contribution in [2.24, 2.45) is 0 Å². The van der Waals surface area contributed by atoms with Crippen LogP contribution in [-0.4, -0.2) is 51.0 Å².